The highest BCUT2D eigenvalue weighted by Crippen LogP contribution is 2.03. The van der Waals surface area contributed by atoms with Crippen molar-refractivity contribution in [2.24, 2.45) is 0 Å². The number of aliphatic hydroxyl groups excluding tert-OH is 2. The molecule has 0 saturated carbocycles. The first-order valence-corrected chi connectivity index (χ1v) is 4.71. The second kappa shape index (κ2) is 3.99. The third-order valence-corrected chi connectivity index (χ3v) is 2.09. The lowest BCUT2D eigenvalue weighted by Crippen LogP contribution is -2.21. The van der Waals surface area contributed by atoms with E-state index in [1.54, 1.807) is 6.92 Å². The summed E-state index contributed by atoms with van der Waals surface area (Å²) in [5.41, 5.74) is 0.0525. The van der Waals surface area contributed by atoms with Gasteiger partial charge in [-0.15, -0.1) is 5.10 Å². The number of nitrogens with one attached hydrogen (secondary N) is 1. The van der Waals surface area contributed by atoms with Gasteiger partial charge in [0.15, 0.2) is 11.2 Å². The maximum atomic E-state index is 11.4. The van der Waals surface area contributed by atoms with Crippen molar-refractivity contribution in [1.82, 2.24) is 25.0 Å². The van der Waals surface area contributed by atoms with Gasteiger partial charge in [-0.3, -0.25) is 4.79 Å². The van der Waals surface area contributed by atoms with E-state index in [0.717, 1.165) is 0 Å². The number of hydrogen-bond acceptors (Lipinski definition) is 6. The molecule has 0 saturated heterocycles. The third-order valence-electron chi connectivity index (χ3n) is 2.09. The van der Waals surface area contributed by atoms with Gasteiger partial charge in [0.05, 0.1) is 19.3 Å². The first-order valence-electron chi connectivity index (χ1n) is 4.71. The van der Waals surface area contributed by atoms with Crippen LogP contribution in [-0.4, -0.2) is 47.9 Å². The van der Waals surface area contributed by atoms with Gasteiger partial charge >= 0.3 is 0 Å². The van der Waals surface area contributed by atoms with Crippen LogP contribution < -0.4 is 5.56 Å². The van der Waals surface area contributed by atoms with E-state index >= 15 is 0 Å². The average molecular weight is 225 g/mol. The Morgan fingerprint density at radius 2 is 2.31 bits per heavy atom. The molecule has 1 atom stereocenters. The first kappa shape index (κ1) is 10.7. The molecular weight excluding hydrogens is 214 g/mol. The van der Waals surface area contributed by atoms with Crippen LogP contribution >= 0.6 is 0 Å². The minimum atomic E-state index is -0.953. The Kier molecular flexibility index (Phi) is 2.67. The Hall–Kier alpha value is -1.80. The number of fused-ring (bicyclic) bond motifs is 1. The van der Waals surface area contributed by atoms with Crippen LogP contribution in [0.2, 0.25) is 0 Å². The predicted molar refractivity (Wildman–Crippen MR) is 53.8 cm³/mol. The largest absolute Gasteiger partial charge is 0.394 e. The van der Waals surface area contributed by atoms with Crippen LogP contribution in [0.15, 0.2) is 4.79 Å². The van der Waals surface area contributed by atoms with Crippen LogP contribution in [0, 0.1) is 6.92 Å². The molecule has 2 heterocycles. The molecule has 2 rings (SSSR count). The van der Waals surface area contributed by atoms with Gasteiger partial charge in [0.25, 0.3) is 5.56 Å². The third kappa shape index (κ3) is 1.79. The van der Waals surface area contributed by atoms with E-state index in [9.17, 15) is 9.90 Å². The molecule has 0 amide bonds. The molecule has 2 aromatic rings. The van der Waals surface area contributed by atoms with E-state index in [2.05, 4.69) is 20.3 Å². The van der Waals surface area contributed by atoms with Crippen LogP contribution in [0.4, 0.5) is 0 Å². The van der Waals surface area contributed by atoms with Crippen molar-refractivity contribution in [2.75, 3.05) is 6.61 Å². The number of aliphatic hydroxyl groups is 2. The van der Waals surface area contributed by atoms with Gasteiger partial charge in [-0.05, 0) is 6.92 Å². The van der Waals surface area contributed by atoms with Gasteiger partial charge in [0.2, 0.25) is 0 Å². The number of aryl methyl sites for hydroxylation is 1. The number of hydrogen-bond donors (Lipinski definition) is 3. The number of H-pyrrole nitrogens is 1. The van der Waals surface area contributed by atoms with E-state index in [1.165, 1.54) is 4.68 Å². The minimum Gasteiger partial charge on any atom is -0.394 e. The Balaban J connectivity index is 2.51. The Morgan fingerprint density at radius 3 is 3.00 bits per heavy atom. The van der Waals surface area contributed by atoms with Gasteiger partial charge in [0.1, 0.15) is 5.82 Å². The molecule has 0 bridgehead atoms. The highest BCUT2D eigenvalue weighted by molar-refractivity contribution is 5.67. The summed E-state index contributed by atoms with van der Waals surface area (Å²) in [5, 5.41) is 25.3. The minimum absolute atomic E-state index is 0.0445. The van der Waals surface area contributed by atoms with Gasteiger partial charge in [-0.2, -0.15) is 0 Å². The van der Waals surface area contributed by atoms with E-state index in [4.69, 9.17) is 5.11 Å². The summed E-state index contributed by atoms with van der Waals surface area (Å²) in [5.74, 6) is 0.444. The van der Waals surface area contributed by atoms with Gasteiger partial charge < -0.3 is 15.2 Å². The summed E-state index contributed by atoms with van der Waals surface area (Å²) in [6, 6.07) is 0. The fraction of sp³-hybridized carbons (Fsp3) is 0.500. The molecule has 8 nitrogen and oxygen atoms in total. The molecule has 16 heavy (non-hydrogen) atoms. The van der Waals surface area contributed by atoms with Crippen molar-refractivity contribution in [3.05, 3.63) is 16.2 Å². The standard InChI is InChI=1S/C8H11N5O3/c1-4-9-7-6(8(16)10-4)11-12-13(7)2-5(15)3-14/h5,14-15H,2-3H2,1H3,(H,9,10,16). The molecular formula is C8H11N5O3. The lowest BCUT2D eigenvalue weighted by Gasteiger charge is -2.06. The highest BCUT2D eigenvalue weighted by Gasteiger charge is 2.13. The summed E-state index contributed by atoms with van der Waals surface area (Å²) in [6.07, 6.45) is -0.953. The maximum Gasteiger partial charge on any atom is 0.281 e. The fourth-order valence-electron chi connectivity index (χ4n) is 1.36. The number of aromatic amines is 1. The van der Waals surface area contributed by atoms with Crippen molar-refractivity contribution >= 4 is 11.2 Å². The normalized spacial score (nSPS) is 13.2. The summed E-state index contributed by atoms with van der Waals surface area (Å²) in [4.78, 5) is 18.0. The van der Waals surface area contributed by atoms with E-state index in [1.807, 2.05) is 0 Å². The maximum absolute atomic E-state index is 11.4. The summed E-state index contributed by atoms with van der Waals surface area (Å²) in [7, 11) is 0. The lowest BCUT2D eigenvalue weighted by atomic mass is 10.4. The van der Waals surface area contributed by atoms with E-state index < -0.39 is 6.10 Å². The van der Waals surface area contributed by atoms with E-state index in [-0.39, 0.29) is 24.2 Å². The second-order valence-corrected chi connectivity index (χ2v) is 3.43. The monoisotopic (exact) mass is 225 g/mol. The molecule has 0 fully saturated rings. The molecule has 8 heteroatoms. The zero-order valence-electron chi connectivity index (χ0n) is 8.58. The number of aromatic nitrogens is 5. The van der Waals surface area contributed by atoms with Crippen LogP contribution in [-0.2, 0) is 6.54 Å². The SMILES string of the molecule is Cc1nc2c(nnn2CC(O)CO)c(=O)[nH]1. The quantitative estimate of drug-likeness (QED) is 0.566. The van der Waals surface area contributed by atoms with Crippen LogP contribution in [0.3, 0.4) is 0 Å². The van der Waals surface area contributed by atoms with Gasteiger partial charge in [-0.25, -0.2) is 9.67 Å². The van der Waals surface area contributed by atoms with Crippen LogP contribution in [0.25, 0.3) is 11.2 Å². The molecule has 0 aliphatic heterocycles. The smallest absolute Gasteiger partial charge is 0.281 e. The summed E-state index contributed by atoms with van der Waals surface area (Å²) >= 11 is 0. The van der Waals surface area contributed by atoms with Gasteiger partial charge in [0, 0.05) is 0 Å². The lowest BCUT2D eigenvalue weighted by molar-refractivity contribution is 0.0787. The summed E-state index contributed by atoms with van der Waals surface area (Å²) < 4.78 is 1.29. The van der Waals surface area contributed by atoms with Crippen molar-refractivity contribution in [2.45, 2.75) is 19.6 Å². The molecule has 3 N–H and O–H groups in total. The molecule has 1 unspecified atom stereocenters. The first-order chi connectivity index (χ1) is 7.61. The van der Waals surface area contributed by atoms with Crippen molar-refractivity contribution < 1.29 is 10.2 Å². The zero-order chi connectivity index (χ0) is 11.7. The Morgan fingerprint density at radius 1 is 1.56 bits per heavy atom. The Labute approximate surface area is 89.6 Å². The zero-order valence-corrected chi connectivity index (χ0v) is 8.58. The molecule has 0 aromatic carbocycles. The van der Waals surface area contributed by atoms with Crippen molar-refractivity contribution in [3.63, 3.8) is 0 Å². The predicted octanol–water partition coefficient (Wildman–Crippen LogP) is -1.82. The van der Waals surface area contributed by atoms with Crippen molar-refractivity contribution in [1.29, 1.82) is 0 Å². The van der Waals surface area contributed by atoms with Gasteiger partial charge in [-0.1, -0.05) is 5.21 Å². The molecule has 0 spiro atoms. The molecule has 86 valence electrons. The van der Waals surface area contributed by atoms with Crippen LogP contribution in [0.1, 0.15) is 5.82 Å². The fourth-order valence-corrected chi connectivity index (χ4v) is 1.36. The van der Waals surface area contributed by atoms with Crippen LogP contribution in [0.5, 0.6) is 0 Å². The van der Waals surface area contributed by atoms with Crippen molar-refractivity contribution in [3.8, 4) is 0 Å². The Bertz CT molecular complexity index is 560. The topological polar surface area (TPSA) is 117 Å². The highest BCUT2D eigenvalue weighted by atomic mass is 16.3. The molecule has 0 aliphatic carbocycles. The van der Waals surface area contributed by atoms with E-state index in [0.29, 0.717) is 11.5 Å². The number of nitrogens with zero attached hydrogens (tertiary/aromatic N) is 4. The number of rotatable bonds is 3. The second-order valence-electron chi connectivity index (χ2n) is 3.43. The molecule has 0 aliphatic rings. The summed E-state index contributed by atoms with van der Waals surface area (Å²) in [6.45, 7) is 1.30. The average Bonchev–Trinajstić information content (AvgIpc) is 2.61. The molecule has 0 radical (unpaired) electrons. The molecule has 2 aromatic heterocycles.